The summed E-state index contributed by atoms with van der Waals surface area (Å²) in [5.41, 5.74) is 2.67. The van der Waals surface area contributed by atoms with Gasteiger partial charge in [0.1, 0.15) is 23.9 Å². The molecule has 0 amide bonds. The Labute approximate surface area is 167 Å². The standard InChI is InChI=1S/C21H18Cl2FNO2/c1-26-21-8-7-17(11-20(21)23)25-12-14-3-2-4-18(9-14)27-13-15-5-6-16(24)10-19(15)22/h2-11,25H,12-13H2,1H3. The van der Waals surface area contributed by atoms with Crippen molar-refractivity contribution in [3.05, 3.63) is 87.7 Å². The van der Waals surface area contributed by atoms with Crippen LogP contribution in [0.2, 0.25) is 10.0 Å². The van der Waals surface area contributed by atoms with Gasteiger partial charge in [0, 0.05) is 17.8 Å². The monoisotopic (exact) mass is 405 g/mol. The molecule has 1 N–H and O–H groups in total. The van der Waals surface area contributed by atoms with Crippen LogP contribution in [0.1, 0.15) is 11.1 Å². The lowest BCUT2D eigenvalue weighted by Gasteiger charge is -2.11. The molecule has 3 aromatic rings. The highest BCUT2D eigenvalue weighted by Crippen LogP contribution is 2.27. The van der Waals surface area contributed by atoms with Crippen molar-refractivity contribution in [2.45, 2.75) is 13.2 Å². The molecule has 0 spiro atoms. The lowest BCUT2D eigenvalue weighted by molar-refractivity contribution is 0.306. The molecular formula is C21H18Cl2FNO2. The summed E-state index contributed by atoms with van der Waals surface area (Å²) in [5.74, 6) is 0.981. The first-order valence-corrected chi connectivity index (χ1v) is 9.04. The van der Waals surface area contributed by atoms with E-state index in [2.05, 4.69) is 5.32 Å². The SMILES string of the molecule is COc1ccc(NCc2cccc(OCc3ccc(F)cc3Cl)c2)cc1Cl. The van der Waals surface area contributed by atoms with Gasteiger partial charge in [0.15, 0.2) is 0 Å². The molecule has 3 rings (SSSR count). The minimum Gasteiger partial charge on any atom is -0.495 e. The highest BCUT2D eigenvalue weighted by molar-refractivity contribution is 6.32. The van der Waals surface area contributed by atoms with Crippen molar-refractivity contribution in [2.24, 2.45) is 0 Å². The van der Waals surface area contributed by atoms with Crippen LogP contribution in [0, 0.1) is 5.82 Å². The van der Waals surface area contributed by atoms with E-state index in [1.165, 1.54) is 12.1 Å². The van der Waals surface area contributed by atoms with Gasteiger partial charge in [-0.05, 0) is 48.0 Å². The smallest absolute Gasteiger partial charge is 0.137 e. The van der Waals surface area contributed by atoms with Crippen molar-refractivity contribution in [3.8, 4) is 11.5 Å². The van der Waals surface area contributed by atoms with Gasteiger partial charge in [0.05, 0.1) is 17.2 Å². The maximum absolute atomic E-state index is 13.1. The van der Waals surface area contributed by atoms with E-state index in [0.29, 0.717) is 28.1 Å². The van der Waals surface area contributed by atoms with E-state index in [9.17, 15) is 4.39 Å². The number of methoxy groups -OCH3 is 1. The molecule has 140 valence electrons. The van der Waals surface area contributed by atoms with Crippen molar-refractivity contribution >= 4 is 28.9 Å². The number of hydrogen-bond donors (Lipinski definition) is 1. The van der Waals surface area contributed by atoms with Gasteiger partial charge in [-0.25, -0.2) is 4.39 Å². The molecule has 0 aliphatic heterocycles. The zero-order valence-electron chi connectivity index (χ0n) is 14.6. The Hall–Kier alpha value is -2.43. The minimum absolute atomic E-state index is 0.268. The molecule has 6 heteroatoms. The number of benzene rings is 3. The van der Waals surface area contributed by atoms with Crippen LogP contribution < -0.4 is 14.8 Å². The fourth-order valence-electron chi connectivity index (χ4n) is 2.53. The van der Waals surface area contributed by atoms with E-state index in [0.717, 1.165) is 16.8 Å². The van der Waals surface area contributed by atoms with E-state index < -0.39 is 0 Å². The van der Waals surface area contributed by atoms with Gasteiger partial charge in [0.25, 0.3) is 0 Å². The van der Waals surface area contributed by atoms with Gasteiger partial charge < -0.3 is 14.8 Å². The number of anilines is 1. The summed E-state index contributed by atoms with van der Waals surface area (Å²) in [4.78, 5) is 0. The second-order valence-corrected chi connectivity index (χ2v) is 6.69. The quantitative estimate of drug-likeness (QED) is 0.497. The lowest BCUT2D eigenvalue weighted by Crippen LogP contribution is -2.01. The second kappa shape index (κ2) is 8.98. The Morgan fingerprint density at radius 3 is 2.56 bits per heavy atom. The van der Waals surface area contributed by atoms with Crippen LogP contribution in [0.15, 0.2) is 60.7 Å². The number of ether oxygens (including phenoxy) is 2. The van der Waals surface area contributed by atoms with E-state index in [1.807, 2.05) is 42.5 Å². The van der Waals surface area contributed by atoms with Gasteiger partial charge in [-0.2, -0.15) is 0 Å². The largest absolute Gasteiger partial charge is 0.495 e. The molecule has 0 radical (unpaired) electrons. The summed E-state index contributed by atoms with van der Waals surface area (Å²) < 4.78 is 24.0. The maximum Gasteiger partial charge on any atom is 0.137 e. The summed E-state index contributed by atoms with van der Waals surface area (Å²) in [6.07, 6.45) is 0. The highest BCUT2D eigenvalue weighted by Gasteiger charge is 2.05. The average molecular weight is 406 g/mol. The predicted octanol–water partition coefficient (Wildman–Crippen LogP) is 6.33. The van der Waals surface area contributed by atoms with Crippen molar-refractivity contribution in [1.82, 2.24) is 0 Å². The van der Waals surface area contributed by atoms with Crippen LogP contribution >= 0.6 is 23.2 Å². The second-order valence-electron chi connectivity index (χ2n) is 5.87. The fourth-order valence-corrected chi connectivity index (χ4v) is 3.01. The van der Waals surface area contributed by atoms with Gasteiger partial charge in [0.2, 0.25) is 0 Å². The number of hydrogen-bond acceptors (Lipinski definition) is 3. The zero-order valence-corrected chi connectivity index (χ0v) is 16.1. The Bertz CT molecular complexity index is 934. The van der Waals surface area contributed by atoms with Crippen LogP contribution in [0.25, 0.3) is 0 Å². The molecule has 0 saturated heterocycles. The van der Waals surface area contributed by atoms with Crippen molar-refractivity contribution in [1.29, 1.82) is 0 Å². The molecular weight excluding hydrogens is 388 g/mol. The Kier molecular flexibility index (Phi) is 6.43. The fraction of sp³-hybridized carbons (Fsp3) is 0.143. The van der Waals surface area contributed by atoms with Crippen LogP contribution in [-0.2, 0) is 13.2 Å². The van der Waals surface area contributed by atoms with Crippen LogP contribution in [0.3, 0.4) is 0 Å². The third kappa shape index (κ3) is 5.28. The minimum atomic E-state index is -0.365. The molecule has 0 heterocycles. The van der Waals surface area contributed by atoms with Gasteiger partial charge in [-0.1, -0.05) is 41.4 Å². The lowest BCUT2D eigenvalue weighted by atomic mass is 10.2. The molecule has 0 aliphatic carbocycles. The maximum atomic E-state index is 13.1. The third-order valence-corrected chi connectivity index (χ3v) is 4.60. The molecule has 0 atom stereocenters. The normalized spacial score (nSPS) is 10.5. The Morgan fingerprint density at radius 1 is 0.963 bits per heavy atom. The van der Waals surface area contributed by atoms with Crippen molar-refractivity contribution in [2.75, 3.05) is 12.4 Å². The third-order valence-electron chi connectivity index (χ3n) is 3.96. The van der Waals surface area contributed by atoms with Crippen molar-refractivity contribution < 1.29 is 13.9 Å². The average Bonchev–Trinajstić information content (AvgIpc) is 2.66. The number of nitrogens with one attached hydrogen (secondary N) is 1. The van der Waals surface area contributed by atoms with E-state index >= 15 is 0 Å². The number of rotatable bonds is 7. The van der Waals surface area contributed by atoms with Crippen LogP contribution in [0.4, 0.5) is 10.1 Å². The van der Waals surface area contributed by atoms with Crippen LogP contribution in [-0.4, -0.2) is 7.11 Å². The van der Waals surface area contributed by atoms with E-state index in [-0.39, 0.29) is 12.4 Å². The molecule has 0 aromatic heterocycles. The Morgan fingerprint density at radius 2 is 1.81 bits per heavy atom. The molecule has 27 heavy (non-hydrogen) atoms. The first-order chi connectivity index (χ1) is 13.0. The van der Waals surface area contributed by atoms with Crippen molar-refractivity contribution in [3.63, 3.8) is 0 Å². The summed E-state index contributed by atoms with van der Waals surface area (Å²) in [6, 6.07) is 17.5. The molecule has 0 bridgehead atoms. The summed E-state index contributed by atoms with van der Waals surface area (Å²) in [6.45, 7) is 0.876. The zero-order chi connectivity index (χ0) is 19.2. The van der Waals surface area contributed by atoms with Gasteiger partial charge in [-0.3, -0.25) is 0 Å². The Balaban J connectivity index is 1.61. The van der Waals surface area contributed by atoms with Gasteiger partial charge in [-0.15, -0.1) is 0 Å². The molecule has 0 aliphatic rings. The molecule has 3 aromatic carbocycles. The van der Waals surface area contributed by atoms with E-state index in [4.69, 9.17) is 32.7 Å². The predicted molar refractivity (Wildman–Crippen MR) is 108 cm³/mol. The van der Waals surface area contributed by atoms with Gasteiger partial charge >= 0.3 is 0 Å². The first kappa shape index (κ1) is 19.3. The summed E-state index contributed by atoms with van der Waals surface area (Å²) in [5, 5.41) is 4.21. The highest BCUT2D eigenvalue weighted by atomic mass is 35.5. The van der Waals surface area contributed by atoms with Crippen LogP contribution in [0.5, 0.6) is 11.5 Å². The molecule has 3 nitrogen and oxygen atoms in total. The topological polar surface area (TPSA) is 30.5 Å². The summed E-state index contributed by atoms with van der Waals surface area (Å²) in [7, 11) is 1.58. The number of halogens is 3. The summed E-state index contributed by atoms with van der Waals surface area (Å²) >= 11 is 12.2. The van der Waals surface area contributed by atoms with E-state index in [1.54, 1.807) is 13.2 Å². The molecule has 0 fully saturated rings. The first-order valence-electron chi connectivity index (χ1n) is 8.28. The molecule has 0 unspecified atom stereocenters. The molecule has 0 saturated carbocycles.